The summed E-state index contributed by atoms with van der Waals surface area (Å²) in [6, 6.07) is 1.90. The van der Waals surface area contributed by atoms with E-state index in [1.165, 1.54) is 0 Å². The lowest BCUT2D eigenvalue weighted by Gasteiger charge is -2.50. The van der Waals surface area contributed by atoms with E-state index in [1.54, 1.807) is 17.4 Å². The number of carbonyl (C=O) groups is 1. The smallest absolute Gasteiger partial charge is 0.254 e. The van der Waals surface area contributed by atoms with Gasteiger partial charge in [-0.1, -0.05) is 6.08 Å². The Hall–Kier alpha value is -1.17. The lowest BCUT2D eigenvalue weighted by atomic mass is 9.73. The fraction of sp³-hybridized carbons (Fsp3) is 0.588. The van der Waals surface area contributed by atoms with E-state index in [2.05, 4.69) is 6.58 Å². The van der Waals surface area contributed by atoms with Crippen LogP contribution in [0.2, 0.25) is 0 Å². The molecule has 3 heterocycles. The molecule has 0 spiro atoms. The maximum Gasteiger partial charge on any atom is 0.254 e. The zero-order valence-corrected chi connectivity index (χ0v) is 13.6. The number of ether oxygens (including phenoxy) is 2. The SMILES string of the molecule is C=CCOC[C@@]12CCCO[C@H]1CCN(C(=O)c1ccsc1)C2. The maximum atomic E-state index is 12.6. The van der Waals surface area contributed by atoms with Crippen molar-refractivity contribution < 1.29 is 14.3 Å². The fourth-order valence-corrected chi connectivity index (χ4v) is 4.22. The maximum absolute atomic E-state index is 12.6. The van der Waals surface area contributed by atoms with Gasteiger partial charge in [0.25, 0.3) is 5.91 Å². The van der Waals surface area contributed by atoms with Gasteiger partial charge < -0.3 is 14.4 Å². The topological polar surface area (TPSA) is 38.8 Å². The van der Waals surface area contributed by atoms with Crippen molar-refractivity contribution in [3.05, 3.63) is 35.0 Å². The second kappa shape index (κ2) is 6.94. The number of nitrogens with zero attached hydrogens (tertiary/aromatic N) is 1. The highest BCUT2D eigenvalue weighted by atomic mass is 32.1. The summed E-state index contributed by atoms with van der Waals surface area (Å²) in [5.74, 6) is 0.133. The van der Waals surface area contributed by atoms with Crippen molar-refractivity contribution in [2.75, 3.05) is 32.9 Å². The Bertz CT molecular complexity index is 516. The van der Waals surface area contributed by atoms with Crippen LogP contribution >= 0.6 is 11.3 Å². The Kier molecular flexibility index (Phi) is 4.96. The van der Waals surface area contributed by atoms with Gasteiger partial charge in [0.05, 0.1) is 24.9 Å². The summed E-state index contributed by atoms with van der Waals surface area (Å²) in [6.45, 7) is 7.20. The van der Waals surface area contributed by atoms with Crippen molar-refractivity contribution in [1.29, 1.82) is 0 Å². The molecule has 0 aromatic carbocycles. The summed E-state index contributed by atoms with van der Waals surface area (Å²) in [5, 5.41) is 3.87. The normalized spacial score (nSPS) is 28.2. The molecule has 0 aliphatic carbocycles. The minimum atomic E-state index is -0.0643. The molecule has 120 valence electrons. The van der Waals surface area contributed by atoms with E-state index >= 15 is 0 Å². The van der Waals surface area contributed by atoms with E-state index in [0.29, 0.717) is 13.2 Å². The summed E-state index contributed by atoms with van der Waals surface area (Å²) in [7, 11) is 0. The van der Waals surface area contributed by atoms with Gasteiger partial charge in [0, 0.05) is 30.5 Å². The highest BCUT2D eigenvalue weighted by Crippen LogP contribution is 2.40. The quantitative estimate of drug-likeness (QED) is 0.618. The number of carbonyl (C=O) groups excluding carboxylic acids is 1. The van der Waals surface area contributed by atoms with Crippen molar-refractivity contribution in [3.8, 4) is 0 Å². The largest absolute Gasteiger partial charge is 0.377 e. The van der Waals surface area contributed by atoms with Gasteiger partial charge in [-0.3, -0.25) is 4.79 Å². The Morgan fingerprint density at radius 2 is 2.55 bits per heavy atom. The zero-order valence-electron chi connectivity index (χ0n) is 12.8. The third-order valence-electron chi connectivity index (χ3n) is 4.67. The molecule has 1 amide bonds. The summed E-state index contributed by atoms with van der Waals surface area (Å²) < 4.78 is 11.8. The van der Waals surface area contributed by atoms with Crippen LogP contribution in [0.5, 0.6) is 0 Å². The first kappa shape index (κ1) is 15.7. The van der Waals surface area contributed by atoms with E-state index in [1.807, 2.05) is 21.7 Å². The molecule has 2 fully saturated rings. The van der Waals surface area contributed by atoms with Gasteiger partial charge in [-0.2, -0.15) is 11.3 Å². The molecule has 2 aliphatic rings. The third kappa shape index (κ3) is 3.12. The Labute approximate surface area is 135 Å². The van der Waals surface area contributed by atoms with Crippen LogP contribution < -0.4 is 0 Å². The van der Waals surface area contributed by atoms with E-state index in [0.717, 1.165) is 44.5 Å². The molecule has 0 N–H and O–H groups in total. The van der Waals surface area contributed by atoms with Crippen LogP contribution in [-0.4, -0.2) is 49.8 Å². The molecule has 2 atom stereocenters. The summed E-state index contributed by atoms with van der Waals surface area (Å²) >= 11 is 1.56. The van der Waals surface area contributed by atoms with Gasteiger partial charge in [-0.05, 0) is 30.7 Å². The van der Waals surface area contributed by atoms with Gasteiger partial charge in [0.2, 0.25) is 0 Å². The minimum Gasteiger partial charge on any atom is -0.377 e. The van der Waals surface area contributed by atoms with E-state index in [4.69, 9.17) is 9.47 Å². The summed E-state index contributed by atoms with van der Waals surface area (Å²) in [6.07, 6.45) is 4.97. The summed E-state index contributed by atoms with van der Waals surface area (Å²) in [5.41, 5.74) is 0.730. The Morgan fingerprint density at radius 1 is 1.64 bits per heavy atom. The second-order valence-electron chi connectivity index (χ2n) is 6.16. The van der Waals surface area contributed by atoms with Crippen LogP contribution in [0.25, 0.3) is 0 Å². The second-order valence-corrected chi connectivity index (χ2v) is 6.94. The molecule has 0 radical (unpaired) electrons. The highest BCUT2D eigenvalue weighted by Gasteiger charge is 2.47. The number of hydrogen-bond acceptors (Lipinski definition) is 4. The van der Waals surface area contributed by atoms with Crippen LogP contribution in [0.4, 0.5) is 0 Å². The van der Waals surface area contributed by atoms with E-state index in [9.17, 15) is 4.79 Å². The van der Waals surface area contributed by atoms with Gasteiger partial charge >= 0.3 is 0 Å². The first-order chi connectivity index (χ1) is 10.7. The van der Waals surface area contributed by atoms with Crippen LogP contribution in [0.1, 0.15) is 29.6 Å². The number of likely N-dealkylation sites (tertiary alicyclic amines) is 1. The zero-order chi connectivity index (χ0) is 15.4. The monoisotopic (exact) mass is 321 g/mol. The molecule has 0 unspecified atom stereocenters. The van der Waals surface area contributed by atoms with E-state index < -0.39 is 0 Å². The molecular formula is C17H23NO3S. The molecule has 2 saturated heterocycles. The van der Waals surface area contributed by atoms with Gasteiger partial charge in [0.1, 0.15) is 0 Å². The minimum absolute atomic E-state index is 0.0643. The van der Waals surface area contributed by atoms with Crippen LogP contribution in [0, 0.1) is 5.41 Å². The fourth-order valence-electron chi connectivity index (χ4n) is 3.59. The predicted molar refractivity (Wildman–Crippen MR) is 87.3 cm³/mol. The number of thiophene rings is 1. The molecule has 0 bridgehead atoms. The molecule has 22 heavy (non-hydrogen) atoms. The number of fused-ring (bicyclic) bond motifs is 1. The molecule has 0 saturated carbocycles. The molecule has 1 aromatic heterocycles. The number of piperidine rings is 1. The van der Waals surface area contributed by atoms with Crippen molar-refractivity contribution in [3.63, 3.8) is 0 Å². The lowest BCUT2D eigenvalue weighted by molar-refractivity contribution is -0.144. The standard InChI is InChI=1S/C17H23NO3S/c1-2-8-20-13-17-6-3-9-21-15(17)4-7-18(12-17)16(19)14-5-10-22-11-14/h2,5,10-11,15H,1,3-4,6-9,12-13H2/t15-,17-/m0/s1. The number of amides is 1. The Balaban J connectivity index is 1.74. The van der Waals surface area contributed by atoms with Crippen molar-refractivity contribution in [1.82, 2.24) is 4.90 Å². The molecule has 3 rings (SSSR count). The number of rotatable bonds is 5. The van der Waals surface area contributed by atoms with Gasteiger partial charge in [-0.25, -0.2) is 0 Å². The average molecular weight is 321 g/mol. The van der Waals surface area contributed by atoms with Crippen molar-refractivity contribution in [2.45, 2.75) is 25.4 Å². The number of hydrogen-bond donors (Lipinski definition) is 0. The molecule has 5 heteroatoms. The first-order valence-electron chi connectivity index (χ1n) is 7.87. The lowest BCUT2D eigenvalue weighted by Crippen LogP contribution is -2.58. The average Bonchev–Trinajstić information content (AvgIpc) is 3.08. The van der Waals surface area contributed by atoms with E-state index in [-0.39, 0.29) is 17.4 Å². The molecule has 2 aliphatic heterocycles. The summed E-state index contributed by atoms with van der Waals surface area (Å²) in [4.78, 5) is 14.6. The van der Waals surface area contributed by atoms with Crippen LogP contribution in [-0.2, 0) is 9.47 Å². The van der Waals surface area contributed by atoms with Crippen LogP contribution in [0.3, 0.4) is 0 Å². The third-order valence-corrected chi connectivity index (χ3v) is 5.35. The van der Waals surface area contributed by atoms with Crippen molar-refractivity contribution >= 4 is 17.2 Å². The predicted octanol–water partition coefficient (Wildman–Crippen LogP) is 2.96. The van der Waals surface area contributed by atoms with Gasteiger partial charge in [-0.15, -0.1) is 6.58 Å². The molecule has 1 aromatic rings. The highest BCUT2D eigenvalue weighted by molar-refractivity contribution is 7.08. The van der Waals surface area contributed by atoms with Crippen molar-refractivity contribution in [2.24, 2.45) is 5.41 Å². The van der Waals surface area contributed by atoms with Gasteiger partial charge in [0.15, 0.2) is 0 Å². The molecule has 4 nitrogen and oxygen atoms in total. The Morgan fingerprint density at radius 3 is 3.32 bits per heavy atom. The molecular weight excluding hydrogens is 298 g/mol. The first-order valence-corrected chi connectivity index (χ1v) is 8.81. The van der Waals surface area contributed by atoms with Crippen LogP contribution in [0.15, 0.2) is 29.5 Å².